The lowest BCUT2D eigenvalue weighted by Crippen LogP contribution is -2.27. The highest BCUT2D eigenvalue weighted by Crippen LogP contribution is 2.19. The van der Waals surface area contributed by atoms with Crippen molar-refractivity contribution in [2.45, 2.75) is 26.7 Å². The maximum absolute atomic E-state index is 12.9. The van der Waals surface area contributed by atoms with E-state index >= 15 is 0 Å². The number of nitrogens with one attached hydrogen (secondary N) is 2. The van der Waals surface area contributed by atoms with E-state index in [1.54, 1.807) is 18.2 Å². The molecule has 0 aliphatic rings. The summed E-state index contributed by atoms with van der Waals surface area (Å²) in [4.78, 5) is 21.2. The van der Waals surface area contributed by atoms with Crippen molar-refractivity contribution < 1.29 is 9.18 Å². The van der Waals surface area contributed by atoms with Crippen LogP contribution in [0, 0.1) is 12.7 Å². The van der Waals surface area contributed by atoms with Crippen molar-refractivity contribution in [1.29, 1.82) is 0 Å². The molecule has 3 aromatic rings. The van der Waals surface area contributed by atoms with E-state index in [2.05, 4.69) is 27.5 Å². The van der Waals surface area contributed by atoms with Gasteiger partial charge in [0.2, 0.25) is 5.95 Å². The Morgan fingerprint density at radius 3 is 2.57 bits per heavy atom. The van der Waals surface area contributed by atoms with Gasteiger partial charge in [0.1, 0.15) is 11.5 Å². The van der Waals surface area contributed by atoms with Crippen LogP contribution in [0.2, 0.25) is 0 Å². The molecule has 0 unspecified atom stereocenters. The summed E-state index contributed by atoms with van der Waals surface area (Å²) in [5.41, 5.74) is 4.05. The number of halogens is 1. The van der Waals surface area contributed by atoms with Gasteiger partial charge in [-0.1, -0.05) is 37.3 Å². The van der Waals surface area contributed by atoms with E-state index in [1.807, 2.05) is 31.2 Å². The van der Waals surface area contributed by atoms with Gasteiger partial charge in [0.05, 0.1) is 0 Å². The van der Waals surface area contributed by atoms with Crippen molar-refractivity contribution >= 4 is 17.5 Å². The Labute approximate surface area is 164 Å². The molecule has 0 aliphatic carbocycles. The van der Waals surface area contributed by atoms with Crippen LogP contribution >= 0.6 is 0 Å². The number of anilines is 2. The monoisotopic (exact) mass is 378 g/mol. The molecule has 0 aliphatic heterocycles. The number of hydrogen-bond acceptors (Lipinski definition) is 4. The van der Waals surface area contributed by atoms with Gasteiger partial charge in [0.25, 0.3) is 5.91 Å². The summed E-state index contributed by atoms with van der Waals surface area (Å²) in [5, 5.41) is 6.06. The van der Waals surface area contributed by atoms with E-state index in [0.717, 1.165) is 23.2 Å². The van der Waals surface area contributed by atoms with Crippen LogP contribution in [0.15, 0.2) is 54.6 Å². The summed E-state index contributed by atoms with van der Waals surface area (Å²) in [5.74, 6) is -0.141. The fourth-order valence-corrected chi connectivity index (χ4v) is 2.87. The number of para-hydroxylation sites is 1. The largest absolute Gasteiger partial charge is 0.350 e. The van der Waals surface area contributed by atoms with Crippen LogP contribution < -0.4 is 10.6 Å². The highest BCUT2D eigenvalue weighted by Gasteiger charge is 2.11. The second-order valence-electron chi connectivity index (χ2n) is 6.49. The SMILES string of the molecule is CCc1ccccc1Nc1nc(C)cc(C(=O)NCCc2ccc(F)cc2)n1. The standard InChI is InChI=1S/C22H23FN4O/c1-3-17-6-4-5-7-19(17)26-22-25-15(2)14-20(27-22)21(28)24-13-12-16-8-10-18(23)11-9-16/h4-11,14H,3,12-13H2,1-2H3,(H,24,28)(H,25,26,27). The summed E-state index contributed by atoms with van der Waals surface area (Å²) in [6, 6.07) is 15.8. The Morgan fingerprint density at radius 1 is 1.07 bits per heavy atom. The molecule has 6 heteroatoms. The van der Waals surface area contributed by atoms with E-state index in [1.165, 1.54) is 12.1 Å². The van der Waals surface area contributed by atoms with Crippen molar-refractivity contribution in [1.82, 2.24) is 15.3 Å². The van der Waals surface area contributed by atoms with Gasteiger partial charge < -0.3 is 10.6 Å². The third kappa shape index (κ3) is 5.13. The highest BCUT2D eigenvalue weighted by atomic mass is 19.1. The van der Waals surface area contributed by atoms with E-state index < -0.39 is 0 Å². The molecule has 1 aromatic heterocycles. The maximum atomic E-state index is 12.9. The zero-order valence-electron chi connectivity index (χ0n) is 16.0. The van der Waals surface area contributed by atoms with Gasteiger partial charge in [-0.15, -0.1) is 0 Å². The van der Waals surface area contributed by atoms with Crippen molar-refractivity contribution in [3.63, 3.8) is 0 Å². The van der Waals surface area contributed by atoms with Crippen LogP contribution in [0.25, 0.3) is 0 Å². The third-order valence-electron chi connectivity index (χ3n) is 4.34. The Hall–Kier alpha value is -3.28. The van der Waals surface area contributed by atoms with Crippen molar-refractivity contribution in [3.8, 4) is 0 Å². The molecule has 0 fully saturated rings. The minimum Gasteiger partial charge on any atom is -0.350 e. The van der Waals surface area contributed by atoms with E-state index in [9.17, 15) is 9.18 Å². The summed E-state index contributed by atoms with van der Waals surface area (Å²) >= 11 is 0. The number of nitrogens with zero attached hydrogens (tertiary/aromatic N) is 2. The number of hydrogen-bond donors (Lipinski definition) is 2. The quantitative estimate of drug-likeness (QED) is 0.647. The third-order valence-corrected chi connectivity index (χ3v) is 4.34. The molecule has 0 atom stereocenters. The van der Waals surface area contributed by atoms with E-state index in [0.29, 0.717) is 30.3 Å². The predicted octanol–water partition coefficient (Wildman–Crippen LogP) is 4.20. The van der Waals surface area contributed by atoms with Gasteiger partial charge in [-0.3, -0.25) is 4.79 Å². The first-order valence-electron chi connectivity index (χ1n) is 9.28. The Morgan fingerprint density at radius 2 is 1.82 bits per heavy atom. The Kier molecular flexibility index (Phi) is 6.32. The topological polar surface area (TPSA) is 66.9 Å². The average Bonchev–Trinajstić information content (AvgIpc) is 2.69. The Balaban J connectivity index is 1.66. The van der Waals surface area contributed by atoms with Gasteiger partial charge >= 0.3 is 0 Å². The lowest BCUT2D eigenvalue weighted by atomic mass is 10.1. The molecule has 1 amide bonds. The van der Waals surface area contributed by atoms with Crippen LogP contribution in [-0.2, 0) is 12.8 Å². The fraction of sp³-hybridized carbons (Fsp3) is 0.227. The number of aryl methyl sites for hydroxylation is 2. The number of aromatic nitrogens is 2. The lowest BCUT2D eigenvalue weighted by molar-refractivity contribution is 0.0949. The summed E-state index contributed by atoms with van der Waals surface area (Å²) in [7, 11) is 0. The minimum atomic E-state index is -0.270. The molecule has 0 bridgehead atoms. The van der Waals surface area contributed by atoms with Gasteiger partial charge in [0.15, 0.2) is 0 Å². The van der Waals surface area contributed by atoms with Crippen LogP contribution in [-0.4, -0.2) is 22.4 Å². The normalized spacial score (nSPS) is 10.5. The van der Waals surface area contributed by atoms with Crippen LogP contribution in [0.3, 0.4) is 0 Å². The van der Waals surface area contributed by atoms with Crippen molar-refractivity contribution in [3.05, 3.63) is 82.9 Å². The number of amides is 1. The zero-order chi connectivity index (χ0) is 19.9. The fourth-order valence-electron chi connectivity index (χ4n) is 2.87. The first-order valence-corrected chi connectivity index (χ1v) is 9.28. The van der Waals surface area contributed by atoms with E-state index in [4.69, 9.17) is 0 Å². The molecule has 3 rings (SSSR count). The van der Waals surface area contributed by atoms with Crippen molar-refractivity contribution in [2.75, 3.05) is 11.9 Å². The number of benzene rings is 2. The second kappa shape index (κ2) is 9.08. The molecule has 144 valence electrons. The number of carbonyl (C=O) groups is 1. The van der Waals surface area contributed by atoms with Crippen LogP contribution in [0.1, 0.15) is 34.2 Å². The lowest BCUT2D eigenvalue weighted by Gasteiger charge is -2.11. The predicted molar refractivity (Wildman–Crippen MR) is 108 cm³/mol. The molecule has 1 heterocycles. The van der Waals surface area contributed by atoms with Gasteiger partial charge in [0, 0.05) is 17.9 Å². The number of carbonyl (C=O) groups excluding carboxylic acids is 1. The molecule has 0 saturated carbocycles. The molecule has 2 aromatic carbocycles. The molecule has 0 radical (unpaired) electrons. The summed E-state index contributed by atoms with van der Waals surface area (Å²) < 4.78 is 12.9. The summed E-state index contributed by atoms with van der Waals surface area (Å²) in [6.07, 6.45) is 1.50. The van der Waals surface area contributed by atoms with E-state index in [-0.39, 0.29) is 11.7 Å². The Bertz CT molecular complexity index is 957. The molecular weight excluding hydrogens is 355 g/mol. The highest BCUT2D eigenvalue weighted by molar-refractivity contribution is 5.92. The summed E-state index contributed by atoms with van der Waals surface area (Å²) in [6.45, 7) is 4.35. The average molecular weight is 378 g/mol. The first kappa shape index (κ1) is 19.5. The second-order valence-corrected chi connectivity index (χ2v) is 6.49. The minimum absolute atomic E-state index is 0.264. The molecule has 28 heavy (non-hydrogen) atoms. The molecular formula is C22H23FN4O. The van der Waals surface area contributed by atoms with Gasteiger partial charge in [-0.25, -0.2) is 14.4 Å². The molecule has 5 nitrogen and oxygen atoms in total. The zero-order valence-corrected chi connectivity index (χ0v) is 16.0. The smallest absolute Gasteiger partial charge is 0.270 e. The van der Waals surface area contributed by atoms with Crippen LogP contribution in [0.5, 0.6) is 0 Å². The van der Waals surface area contributed by atoms with Crippen LogP contribution in [0.4, 0.5) is 16.0 Å². The van der Waals surface area contributed by atoms with Gasteiger partial charge in [-0.2, -0.15) is 0 Å². The van der Waals surface area contributed by atoms with Crippen molar-refractivity contribution in [2.24, 2.45) is 0 Å². The maximum Gasteiger partial charge on any atom is 0.270 e. The van der Waals surface area contributed by atoms with Gasteiger partial charge in [-0.05, 0) is 55.2 Å². The molecule has 0 saturated heterocycles. The molecule has 0 spiro atoms. The number of rotatable bonds is 7. The molecule has 2 N–H and O–H groups in total. The first-order chi connectivity index (χ1) is 13.5.